The Kier molecular flexibility index (Phi) is 2.37. The van der Waals surface area contributed by atoms with Gasteiger partial charge in [-0.1, -0.05) is 0 Å². The molecule has 0 saturated carbocycles. The molecule has 0 aromatic heterocycles. The van der Waals surface area contributed by atoms with Gasteiger partial charge in [0.15, 0.2) is 17.3 Å². The van der Waals surface area contributed by atoms with Crippen LogP contribution in [0, 0.1) is 0 Å². The first-order chi connectivity index (χ1) is 6.77. The number of ether oxygens (including phenoxy) is 2. The summed E-state index contributed by atoms with van der Waals surface area (Å²) in [6.45, 7) is 0. The van der Waals surface area contributed by atoms with Gasteiger partial charge in [0.05, 0.1) is 25.5 Å². The summed E-state index contributed by atoms with van der Waals surface area (Å²) in [5.41, 5.74) is 0.664. The summed E-state index contributed by atoms with van der Waals surface area (Å²) in [5.74, 6) is 1.78. The van der Waals surface area contributed by atoms with Crippen LogP contribution in [0.15, 0.2) is 17.0 Å². The summed E-state index contributed by atoms with van der Waals surface area (Å²) >= 11 is 1.54. The number of carbonyl (C=O) groups excluding carboxylic acids is 1. The summed E-state index contributed by atoms with van der Waals surface area (Å²) in [6, 6.07) is 3.72. The molecular formula is C10H10O3S. The number of methoxy groups -OCH3 is 2. The molecule has 0 N–H and O–H groups in total. The van der Waals surface area contributed by atoms with Crippen molar-refractivity contribution in [3.8, 4) is 11.5 Å². The number of thioether (sulfide) groups is 1. The molecule has 74 valence electrons. The highest BCUT2D eigenvalue weighted by Crippen LogP contribution is 2.42. The van der Waals surface area contributed by atoms with Gasteiger partial charge in [-0.25, -0.2) is 0 Å². The fraction of sp³-hybridized carbons (Fsp3) is 0.300. The predicted molar refractivity (Wildman–Crippen MR) is 54.6 cm³/mol. The molecule has 1 aromatic carbocycles. The molecule has 1 aliphatic rings. The van der Waals surface area contributed by atoms with Crippen molar-refractivity contribution < 1.29 is 14.3 Å². The van der Waals surface area contributed by atoms with Gasteiger partial charge < -0.3 is 9.47 Å². The highest BCUT2D eigenvalue weighted by Gasteiger charge is 2.26. The van der Waals surface area contributed by atoms with Crippen LogP contribution in [0.1, 0.15) is 10.4 Å². The monoisotopic (exact) mass is 210 g/mol. The molecule has 1 aromatic rings. The van der Waals surface area contributed by atoms with E-state index in [1.807, 2.05) is 12.1 Å². The summed E-state index contributed by atoms with van der Waals surface area (Å²) in [6.07, 6.45) is 0. The Morgan fingerprint density at radius 2 is 2.07 bits per heavy atom. The summed E-state index contributed by atoms with van der Waals surface area (Å²) < 4.78 is 10.3. The Hall–Kier alpha value is -1.16. The van der Waals surface area contributed by atoms with Crippen molar-refractivity contribution in [2.75, 3.05) is 20.0 Å². The van der Waals surface area contributed by atoms with Crippen LogP contribution in [-0.2, 0) is 0 Å². The fourth-order valence-corrected chi connectivity index (χ4v) is 2.45. The lowest BCUT2D eigenvalue weighted by Gasteiger charge is -2.10. The second kappa shape index (κ2) is 3.53. The SMILES string of the molecule is COc1ccc2c(c1OC)C(=O)CS2. The molecule has 0 saturated heterocycles. The van der Waals surface area contributed by atoms with Gasteiger partial charge in [-0.3, -0.25) is 4.79 Å². The summed E-state index contributed by atoms with van der Waals surface area (Å²) in [4.78, 5) is 12.5. The van der Waals surface area contributed by atoms with Crippen LogP contribution < -0.4 is 9.47 Å². The topological polar surface area (TPSA) is 35.5 Å². The van der Waals surface area contributed by atoms with Gasteiger partial charge in [-0.05, 0) is 12.1 Å². The molecule has 0 radical (unpaired) electrons. The van der Waals surface area contributed by atoms with Crippen LogP contribution >= 0.6 is 11.8 Å². The standard InChI is InChI=1S/C10H10O3S/c1-12-7-3-4-8-9(10(7)13-2)6(11)5-14-8/h3-4H,5H2,1-2H3. The van der Waals surface area contributed by atoms with Gasteiger partial charge >= 0.3 is 0 Å². The maximum absolute atomic E-state index is 11.6. The molecule has 0 bridgehead atoms. The van der Waals surface area contributed by atoms with E-state index in [4.69, 9.17) is 9.47 Å². The lowest BCUT2D eigenvalue weighted by molar-refractivity contribution is 0.102. The van der Waals surface area contributed by atoms with Crippen molar-refractivity contribution in [2.24, 2.45) is 0 Å². The molecule has 1 heterocycles. The van der Waals surface area contributed by atoms with Gasteiger partial charge in [0, 0.05) is 4.90 Å². The van der Waals surface area contributed by atoms with Crippen LogP contribution in [0.5, 0.6) is 11.5 Å². The lowest BCUT2D eigenvalue weighted by Crippen LogP contribution is -2.01. The molecule has 2 rings (SSSR count). The average molecular weight is 210 g/mol. The largest absolute Gasteiger partial charge is 0.493 e. The molecule has 3 nitrogen and oxygen atoms in total. The Morgan fingerprint density at radius 3 is 2.71 bits per heavy atom. The smallest absolute Gasteiger partial charge is 0.178 e. The number of hydrogen-bond donors (Lipinski definition) is 0. The molecular weight excluding hydrogens is 200 g/mol. The van der Waals surface area contributed by atoms with E-state index in [9.17, 15) is 4.79 Å². The number of rotatable bonds is 2. The van der Waals surface area contributed by atoms with Crippen molar-refractivity contribution in [2.45, 2.75) is 4.90 Å². The molecule has 0 unspecified atom stereocenters. The molecule has 0 spiro atoms. The van der Waals surface area contributed by atoms with Crippen LogP contribution in [0.25, 0.3) is 0 Å². The van der Waals surface area contributed by atoms with E-state index < -0.39 is 0 Å². The molecule has 0 amide bonds. The third kappa shape index (κ3) is 1.26. The zero-order valence-corrected chi connectivity index (χ0v) is 8.81. The highest BCUT2D eigenvalue weighted by atomic mass is 32.2. The van der Waals surface area contributed by atoms with Gasteiger partial charge in [-0.2, -0.15) is 0 Å². The minimum absolute atomic E-state index is 0.112. The van der Waals surface area contributed by atoms with Crippen molar-refractivity contribution in [1.82, 2.24) is 0 Å². The molecule has 0 atom stereocenters. The quantitative estimate of drug-likeness (QED) is 0.747. The molecule has 1 aliphatic heterocycles. The van der Waals surface area contributed by atoms with E-state index in [0.29, 0.717) is 22.8 Å². The maximum Gasteiger partial charge on any atom is 0.178 e. The molecule has 4 heteroatoms. The van der Waals surface area contributed by atoms with E-state index in [1.54, 1.807) is 14.2 Å². The van der Waals surface area contributed by atoms with Crippen molar-refractivity contribution in [3.63, 3.8) is 0 Å². The summed E-state index contributed by atoms with van der Waals surface area (Å²) in [5, 5.41) is 0. The van der Waals surface area contributed by atoms with Crippen molar-refractivity contribution in [1.29, 1.82) is 0 Å². The van der Waals surface area contributed by atoms with Crippen molar-refractivity contribution >= 4 is 17.5 Å². The first kappa shape index (κ1) is 9.40. The molecule has 0 aliphatic carbocycles. The van der Waals surface area contributed by atoms with Gasteiger partial charge in [0.2, 0.25) is 0 Å². The van der Waals surface area contributed by atoms with E-state index in [-0.39, 0.29) is 5.78 Å². The first-order valence-corrected chi connectivity index (χ1v) is 5.17. The van der Waals surface area contributed by atoms with Crippen LogP contribution in [0.2, 0.25) is 0 Å². The van der Waals surface area contributed by atoms with E-state index in [1.165, 1.54) is 11.8 Å². The highest BCUT2D eigenvalue weighted by molar-refractivity contribution is 8.00. The van der Waals surface area contributed by atoms with Gasteiger partial charge in [0.25, 0.3) is 0 Å². The predicted octanol–water partition coefficient (Wildman–Crippen LogP) is 1.99. The fourth-order valence-electron chi connectivity index (χ4n) is 1.51. The van der Waals surface area contributed by atoms with Crippen LogP contribution in [-0.4, -0.2) is 25.8 Å². The van der Waals surface area contributed by atoms with Crippen LogP contribution in [0.4, 0.5) is 0 Å². The van der Waals surface area contributed by atoms with Crippen LogP contribution in [0.3, 0.4) is 0 Å². The lowest BCUT2D eigenvalue weighted by atomic mass is 10.1. The zero-order chi connectivity index (χ0) is 10.1. The van der Waals surface area contributed by atoms with E-state index in [0.717, 1.165) is 4.90 Å². The minimum atomic E-state index is 0.112. The Labute approximate surface area is 86.4 Å². The number of carbonyl (C=O) groups is 1. The average Bonchev–Trinajstić information content (AvgIpc) is 2.59. The Bertz CT molecular complexity index is 387. The second-order valence-corrected chi connectivity index (χ2v) is 3.90. The third-order valence-electron chi connectivity index (χ3n) is 2.14. The number of benzene rings is 1. The summed E-state index contributed by atoms with van der Waals surface area (Å²) in [7, 11) is 3.12. The van der Waals surface area contributed by atoms with Crippen molar-refractivity contribution in [3.05, 3.63) is 17.7 Å². The maximum atomic E-state index is 11.6. The Balaban J connectivity index is 2.63. The zero-order valence-electron chi connectivity index (χ0n) is 7.99. The van der Waals surface area contributed by atoms with E-state index >= 15 is 0 Å². The van der Waals surface area contributed by atoms with Gasteiger partial charge in [0.1, 0.15) is 0 Å². The van der Waals surface area contributed by atoms with E-state index in [2.05, 4.69) is 0 Å². The van der Waals surface area contributed by atoms with Gasteiger partial charge in [-0.15, -0.1) is 11.8 Å². The number of ketones is 1. The number of hydrogen-bond acceptors (Lipinski definition) is 4. The second-order valence-electron chi connectivity index (χ2n) is 2.89. The molecule has 0 fully saturated rings. The number of Topliss-reactive ketones (excluding diaryl/α,β-unsaturated/α-hetero) is 1. The normalized spacial score (nSPS) is 14.0. The number of fused-ring (bicyclic) bond motifs is 1. The first-order valence-electron chi connectivity index (χ1n) is 4.19. The Morgan fingerprint density at radius 1 is 1.29 bits per heavy atom. The minimum Gasteiger partial charge on any atom is -0.493 e. The molecule has 14 heavy (non-hydrogen) atoms. The third-order valence-corrected chi connectivity index (χ3v) is 3.20.